The summed E-state index contributed by atoms with van der Waals surface area (Å²) in [4.78, 5) is 0. The van der Waals surface area contributed by atoms with Crippen LogP contribution in [0.4, 0.5) is 0 Å². The Morgan fingerprint density at radius 3 is 2.22 bits per heavy atom. The van der Waals surface area contributed by atoms with Crippen molar-refractivity contribution in [2.45, 2.75) is 31.4 Å². The van der Waals surface area contributed by atoms with Crippen LogP contribution in [0.2, 0.25) is 0 Å². The largest absolute Gasteiger partial charge is 0.391 e. The Bertz CT molecular complexity index is 108. The van der Waals surface area contributed by atoms with Gasteiger partial charge in [0.05, 0.1) is 6.10 Å². The van der Waals surface area contributed by atoms with Gasteiger partial charge in [-0.25, -0.2) is 0 Å². The van der Waals surface area contributed by atoms with Gasteiger partial charge in [0.2, 0.25) is 0 Å². The Morgan fingerprint density at radius 1 is 1.22 bits per heavy atom. The summed E-state index contributed by atoms with van der Waals surface area (Å²) in [7, 11) is 0. The topological polar surface area (TPSA) is 46.2 Å². The van der Waals surface area contributed by atoms with E-state index >= 15 is 0 Å². The van der Waals surface area contributed by atoms with Crippen LogP contribution in [0.3, 0.4) is 0 Å². The number of hydrogen-bond donors (Lipinski definition) is 2. The molecular formula is C7H13NO. The average Bonchev–Trinajstić information content (AvgIpc) is 2.37. The molecule has 0 amide bonds. The number of fused-ring (bicyclic) bond motifs is 2. The molecule has 2 nitrogen and oxygen atoms in total. The first-order chi connectivity index (χ1) is 4.29. The Labute approximate surface area is 55.1 Å². The van der Waals surface area contributed by atoms with Gasteiger partial charge in [0.15, 0.2) is 0 Å². The second-order valence-corrected chi connectivity index (χ2v) is 3.40. The van der Waals surface area contributed by atoms with Crippen molar-refractivity contribution in [2.24, 2.45) is 17.6 Å². The van der Waals surface area contributed by atoms with E-state index in [0.717, 1.165) is 0 Å². The normalized spacial score (nSPS) is 56.7. The lowest BCUT2D eigenvalue weighted by atomic mass is 9.94. The monoisotopic (exact) mass is 127 g/mol. The number of rotatable bonds is 0. The van der Waals surface area contributed by atoms with Crippen LogP contribution < -0.4 is 5.73 Å². The fourth-order valence-electron chi connectivity index (χ4n) is 2.31. The standard InChI is InChI=1S/C7H13NO/c8-6-4-1-2-5(3-4)7(6)9/h4-7,9H,1-3,8H2/t4-,5-,6-,7+/m0/s1. The third kappa shape index (κ3) is 0.634. The van der Waals surface area contributed by atoms with E-state index in [0.29, 0.717) is 11.8 Å². The summed E-state index contributed by atoms with van der Waals surface area (Å²) in [6.45, 7) is 0. The predicted octanol–water partition coefficient (Wildman–Crippen LogP) is 0.104. The third-order valence-corrected chi connectivity index (χ3v) is 2.94. The number of hydrogen-bond acceptors (Lipinski definition) is 2. The minimum absolute atomic E-state index is 0.101. The lowest BCUT2D eigenvalue weighted by Crippen LogP contribution is -2.39. The van der Waals surface area contributed by atoms with Crippen molar-refractivity contribution >= 4 is 0 Å². The molecule has 9 heavy (non-hydrogen) atoms. The van der Waals surface area contributed by atoms with Gasteiger partial charge in [-0.15, -0.1) is 0 Å². The highest BCUT2D eigenvalue weighted by molar-refractivity contribution is 4.98. The van der Waals surface area contributed by atoms with Crippen molar-refractivity contribution < 1.29 is 5.11 Å². The van der Waals surface area contributed by atoms with Crippen LogP contribution in [-0.2, 0) is 0 Å². The van der Waals surface area contributed by atoms with Crippen LogP contribution in [0.1, 0.15) is 19.3 Å². The maximum atomic E-state index is 9.36. The van der Waals surface area contributed by atoms with E-state index in [4.69, 9.17) is 5.73 Å². The molecule has 0 aromatic heterocycles. The molecule has 4 atom stereocenters. The number of nitrogens with two attached hydrogens (primary N) is 1. The molecule has 0 heterocycles. The van der Waals surface area contributed by atoms with E-state index in [1.807, 2.05) is 0 Å². The van der Waals surface area contributed by atoms with Crippen LogP contribution in [0.25, 0.3) is 0 Å². The zero-order chi connectivity index (χ0) is 6.43. The van der Waals surface area contributed by atoms with E-state index in [-0.39, 0.29) is 12.1 Å². The zero-order valence-corrected chi connectivity index (χ0v) is 5.46. The molecule has 0 aromatic carbocycles. The minimum atomic E-state index is -0.177. The molecule has 2 rings (SSSR count). The molecule has 2 heteroatoms. The van der Waals surface area contributed by atoms with Gasteiger partial charge in [0.25, 0.3) is 0 Å². The molecule has 0 saturated heterocycles. The minimum Gasteiger partial charge on any atom is -0.391 e. The number of aliphatic hydroxyl groups excluding tert-OH is 1. The van der Waals surface area contributed by atoms with Crippen molar-refractivity contribution in [3.8, 4) is 0 Å². The van der Waals surface area contributed by atoms with Crippen LogP contribution in [-0.4, -0.2) is 17.3 Å². The second kappa shape index (κ2) is 1.70. The van der Waals surface area contributed by atoms with Gasteiger partial charge in [0, 0.05) is 6.04 Å². The van der Waals surface area contributed by atoms with E-state index in [2.05, 4.69) is 0 Å². The predicted molar refractivity (Wildman–Crippen MR) is 34.8 cm³/mol. The fraction of sp³-hybridized carbons (Fsp3) is 1.00. The van der Waals surface area contributed by atoms with Crippen molar-refractivity contribution in [1.82, 2.24) is 0 Å². The molecule has 3 N–H and O–H groups in total. The fourth-order valence-corrected chi connectivity index (χ4v) is 2.31. The summed E-state index contributed by atoms with van der Waals surface area (Å²) in [6, 6.07) is 0.101. The molecule has 0 aliphatic heterocycles. The second-order valence-electron chi connectivity index (χ2n) is 3.40. The third-order valence-electron chi connectivity index (χ3n) is 2.94. The first-order valence-corrected chi connectivity index (χ1v) is 3.72. The Hall–Kier alpha value is -0.0800. The first kappa shape index (κ1) is 5.69. The van der Waals surface area contributed by atoms with Crippen molar-refractivity contribution in [2.75, 3.05) is 0 Å². The van der Waals surface area contributed by atoms with Gasteiger partial charge < -0.3 is 10.8 Å². The molecule has 2 aliphatic carbocycles. The molecule has 2 fully saturated rings. The molecule has 0 spiro atoms. The zero-order valence-electron chi connectivity index (χ0n) is 5.46. The Balaban J connectivity index is 2.15. The van der Waals surface area contributed by atoms with Crippen LogP contribution >= 0.6 is 0 Å². The molecule has 2 aliphatic rings. The van der Waals surface area contributed by atoms with E-state index in [1.54, 1.807) is 0 Å². The summed E-state index contributed by atoms with van der Waals surface area (Å²) in [5.41, 5.74) is 5.71. The highest BCUT2D eigenvalue weighted by Gasteiger charge is 2.44. The molecule has 0 radical (unpaired) electrons. The van der Waals surface area contributed by atoms with Crippen molar-refractivity contribution in [3.63, 3.8) is 0 Å². The van der Waals surface area contributed by atoms with Gasteiger partial charge in [-0.1, -0.05) is 0 Å². The molecule has 52 valence electrons. The molecule has 2 bridgehead atoms. The maximum absolute atomic E-state index is 9.36. The summed E-state index contributed by atoms with van der Waals surface area (Å²) in [5.74, 6) is 1.19. The molecular weight excluding hydrogens is 114 g/mol. The van der Waals surface area contributed by atoms with E-state index in [1.165, 1.54) is 19.3 Å². The highest BCUT2D eigenvalue weighted by atomic mass is 16.3. The maximum Gasteiger partial charge on any atom is 0.0721 e. The van der Waals surface area contributed by atoms with Crippen LogP contribution in [0, 0.1) is 11.8 Å². The Morgan fingerprint density at radius 2 is 1.89 bits per heavy atom. The Kier molecular flexibility index (Phi) is 1.08. The van der Waals surface area contributed by atoms with Gasteiger partial charge in [-0.3, -0.25) is 0 Å². The highest BCUT2D eigenvalue weighted by Crippen LogP contribution is 2.43. The van der Waals surface area contributed by atoms with Gasteiger partial charge in [0.1, 0.15) is 0 Å². The summed E-state index contributed by atoms with van der Waals surface area (Å²) >= 11 is 0. The quantitative estimate of drug-likeness (QED) is 0.485. The molecule has 0 aromatic rings. The number of aliphatic hydroxyl groups is 1. The lowest BCUT2D eigenvalue weighted by molar-refractivity contribution is 0.0944. The molecule has 0 unspecified atom stereocenters. The summed E-state index contributed by atoms with van der Waals surface area (Å²) in [6.07, 6.45) is 3.47. The smallest absolute Gasteiger partial charge is 0.0721 e. The van der Waals surface area contributed by atoms with Gasteiger partial charge >= 0.3 is 0 Å². The van der Waals surface area contributed by atoms with Crippen LogP contribution in [0.15, 0.2) is 0 Å². The lowest BCUT2D eigenvalue weighted by Gasteiger charge is -2.22. The summed E-state index contributed by atoms with van der Waals surface area (Å²) in [5, 5.41) is 9.36. The van der Waals surface area contributed by atoms with Gasteiger partial charge in [-0.05, 0) is 31.1 Å². The van der Waals surface area contributed by atoms with E-state index in [9.17, 15) is 5.11 Å². The van der Waals surface area contributed by atoms with Crippen molar-refractivity contribution in [1.29, 1.82) is 0 Å². The SMILES string of the molecule is N[C@H]1[C@H]2CC[C@@H](C2)[C@H]1O. The summed E-state index contributed by atoms with van der Waals surface area (Å²) < 4.78 is 0. The first-order valence-electron chi connectivity index (χ1n) is 3.72. The van der Waals surface area contributed by atoms with Crippen LogP contribution in [0.5, 0.6) is 0 Å². The van der Waals surface area contributed by atoms with Crippen molar-refractivity contribution in [3.05, 3.63) is 0 Å². The molecule has 2 saturated carbocycles. The van der Waals surface area contributed by atoms with E-state index < -0.39 is 0 Å². The average molecular weight is 127 g/mol. The van der Waals surface area contributed by atoms with Gasteiger partial charge in [-0.2, -0.15) is 0 Å².